The van der Waals surface area contributed by atoms with E-state index in [1.165, 1.54) is 47.8 Å². The number of benzene rings is 2. The van der Waals surface area contributed by atoms with Crippen LogP contribution < -0.4 is 5.32 Å². The number of fused-ring (bicyclic) bond motifs is 3. The molecule has 1 fully saturated rings. The van der Waals surface area contributed by atoms with Crippen molar-refractivity contribution in [3.05, 3.63) is 71.6 Å². The summed E-state index contributed by atoms with van der Waals surface area (Å²) in [5.74, 6) is 2.24. The molecule has 2 atom stereocenters. The molecule has 1 aliphatic carbocycles. The highest BCUT2D eigenvalue weighted by molar-refractivity contribution is 5.82. The maximum absolute atomic E-state index is 12.7. The summed E-state index contributed by atoms with van der Waals surface area (Å²) in [7, 11) is 3.48. The van der Waals surface area contributed by atoms with Gasteiger partial charge in [-0.25, -0.2) is 14.8 Å². The van der Waals surface area contributed by atoms with Crippen molar-refractivity contribution in [3.63, 3.8) is 0 Å². The van der Waals surface area contributed by atoms with Crippen molar-refractivity contribution in [1.82, 2.24) is 35.1 Å². The van der Waals surface area contributed by atoms with Crippen LogP contribution in [0.15, 0.2) is 48.8 Å². The monoisotopic (exact) mass is 609 g/mol. The number of methoxy groups -OCH3 is 1. The number of aromatic nitrogens is 4. The van der Waals surface area contributed by atoms with Crippen LogP contribution in [0.5, 0.6) is 0 Å². The first-order chi connectivity index (χ1) is 21.9. The molecule has 45 heavy (non-hydrogen) atoms. The molecule has 10 heteroatoms. The molecule has 0 saturated carbocycles. The molecule has 3 heterocycles. The normalized spacial score (nSPS) is 17.5. The lowest BCUT2D eigenvalue weighted by Gasteiger charge is -2.22. The number of nitrogens with one attached hydrogen (secondary N) is 3. The first-order valence-electron chi connectivity index (χ1n) is 16.0. The standard InChI is InChI=1S/C35H43N7O3/c1-5-14-42(32(43)20-38-35(44)45-4)21-31-36-18-29(39-31)25-9-11-27-23(16-25)7-8-24-17-26(10-12-28(24)27)30-19-37-34(40-30)33-22(6-2)13-15-41(33)3/h9-12,16-19,22,33H,5-8,13-15,20-21H2,1-4H3,(H,36,39)(H,37,40)(H,38,44)/t22-,33+/m1/s1. The fourth-order valence-electron chi connectivity index (χ4n) is 6.91. The van der Waals surface area contributed by atoms with E-state index in [1.54, 1.807) is 4.90 Å². The van der Waals surface area contributed by atoms with Gasteiger partial charge in [-0.3, -0.25) is 9.69 Å². The van der Waals surface area contributed by atoms with Crippen molar-refractivity contribution >= 4 is 12.0 Å². The lowest BCUT2D eigenvalue weighted by atomic mass is 9.83. The molecule has 2 aromatic heterocycles. The summed E-state index contributed by atoms with van der Waals surface area (Å²) in [5, 5.41) is 2.46. The number of alkyl carbamates (subject to hydrolysis) is 1. The molecule has 236 valence electrons. The average molecular weight is 610 g/mol. The summed E-state index contributed by atoms with van der Waals surface area (Å²) < 4.78 is 4.58. The molecule has 2 amide bonds. The molecule has 0 spiro atoms. The zero-order chi connectivity index (χ0) is 31.5. The van der Waals surface area contributed by atoms with Crippen LogP contribution in [0, 0.1) is 5.92 Å². The average Bonchev–Trinajstić information content (AvgIpc) is 3.82. The van der Waals surface area contributed by atoms with Crippen LogP contribution in [-0.2, 0) is 28.9 Å². The van der Waals surface area contributed by atoms with Gasteiger partial charge < -0.3 is 24.9 Å². The lowest BCUT2D eigenvalue weighted by Crippen LogP contribution is -2.40. The smallest absolute Gasteiger partial charge is 0.407 e. The highest BCUT2D eigenvalue weighted by atomic mass is 16.5. The number of likely N-dealkylation sites (tertiary alicyclic amines) is 1. The molecular formula is C35H43N7O3. The van der Waals surface area contributed by atoms with E-state index in [9.17, 15) is 9.59 Å². The molecule has 1 aliphatic heterocycles. The second kappa shape index (κ2) is 13.3. The first-order valence-corrected chi connectivity index (χ1v) is 16.0. The summed E-state index contributed by atoms with van der Waals surface area (Å²) in [4.78, 5) is 44.6. The SMILES string of the molecule is CCCN(Cc1ncc(-c2ccc3c(c2)CCc2cc(-c4cnc([C@@H]5[C@H](CC)CCN5C)[nH]4)ccc2-3)[nH]1)C(=O)CNC(=O)OC. The number of amides is 2. The molecule has 10 nitrogen and oxygen atoms in total. The maximum Gasteiger partial charge on any atom is 0.407 e. The van der Waals surface area contributed by atoms with Crippen LogP contribution in [-0.4, -0.2) is 75.5 Å². The van der Waals surface area contributed by atoms with Crippen LogP contribution in [0.4, 0.5) is 4.79 Å². The molecule has 3 N–H and O–H groups in total. The third-order valence-electron chi connectivity index (χ3n) is 9.34. The van der Waals surface area contributed by atoms with E-state index >= 15 is 0 Å². The minimum absolute atomic E-state index is 0.117. The Kier molecular flexibility index (Phi) is 9.02. The number of H-pyrrole nitrogens is 2. The second-order valence-electron chi connectivity index (χ2n) is 12.2. The largest absolute Gasteiger partial charge is 0.453 e. The van der Waals surface area contributed by atoms with Gasteiger partial charge in [-0.1, -0.05) is 44.5 Å². The van der Waals surface area contributed by atoms with Crippen LogP contribution in [0.1, 0.15) is 61.9 Å². The number of carbonyl (C=O) groups is 2. The Balaban J connectivity index is 1.16. The molecule has 4 aromatic rings. The van der Waals surface area contributed by atoms with E-state index in [4.69, 9.17) is 4.98 Å². The van der Waals surface area contributed by atoms with Gasteiger partial charge in [0.1, 0.15) is 18.2 Å². The highest BCUT2D eigenvalue weighted by Crippen LogP contribution is 2.39. The van der Waals surface area contributed by atoms with Crippen molar-refractivity contribution in [2.75, 3.05) is 33.8 Å². The molecule has 0 unspecified atom stereocenters. The summed E-state index contributed by atoms with van der Waals surface area (Å²) >= 11 is 0. The number of aromatic amines is 2. The lowest BCUT2D eigenvalue weighted by molar-refractivity contribution is -0.130. The Bertz CT molecular complexity index is 1680. The molecule has 1 saturated heterocycles. The summed E-state index contributed by atoms with van der Waals surface area (Å²) in [6.45, 7) is 6.20. The van der Waals surface area contributed by atoms with E-state index in [1.807, 2.05) is 19.3 Å². The van der Waals surface area contributed by atoms with E-state index in [0.29, 0.717) is 30.9 Å². The molecule has 6 rings (SSSR count). The predicted molar refractivity (Wildman–Crippen MR) is 174 cm³/mol. The van der Waals surface area contributed by atoms with Crippen LogP contribution >= 0.6 is 0 Å². The number of imidazole rings is 2. The van der Waals surface area contributed by atoms with Crippen molar-refractivity contribution in [1.29, 1.82) is 0 Å². The number of hydrogen-bond donors (Lipinski definition) is 3. The van der Waals surface area contributed by atoms with Gasteiger partial charge in [-0.2, -0.15) is 0 Å². The van der Waals surface area contributed by atoms with Crippen LogP contribution in [0.2, 0.25) is 0 Å². The van der Waals surface area contributed by atoms with Crippen molar-refractivity contribution in [2.24, 2.45) is 5.92 Å². The number of rotatable bonds is 10. The number of carbonyl (C=O) groups excluding carboxylic acids is 2. The van der Waals surface area contributed by atoms with E-state index < -0.39 is 6.09 Å². The third kappa shape index (κ3) is 6.38. The van der Waals surface area contributed by atoms with Crippen molar-refractivity contribution < 1.29 is 14.3 Å². The van der Waals surface area contributed by atoms with Gasteiger partial charge in [0.15, 0.2) is 0 Å². The zero-order valence-corrected chi connectivity index (χ0v) is 26.7. The summed E-state index contributed by atoms with van der Waals surface area (Å²) in [5.41, 5.74) is 9.49. The maximum atomic E-state index is 12.7. The number of aryl methyl sites for hydroxylation is 2. The number of ether oxygens (including phenoxy) is 1. The molecule has 0 bridgehead atoms. The van der Waals surface area contributed by atoms with E-state index in [0.717, 1.165) is 48.6 Å². The van der Waals surface area contributed by atoms with E-state index in [-0.39, 0.29) is 12.5 Å². The van der Waals surface area contributed by atoms with Gasteiger partial charge in [0.25, 0.3) is 0 Å². The highest BCUT2D eigenvalue weighted by Gasteiger charge is 2.33. The van der Waals surface area contributed by atoms with Gasteiger partial charge in [0.2, 0.25) is 5.91 Å². The first kappa shape index (κ1) is 30.6. The Morgan fingerprint density at radius 2 is 1.67 bits per heavy atom. The predicted octanol–water partition coefficient (Wildman–Crippen LogP) is 5.73. The quantitative estimate of drug-likeness (QED) is 0.211. The minimum Gasteiger partial charge on any atom is -0.453 e. The Morgan fingerprint density at radius 3 is 2.31 bits per heavy atom. The van der Waals surface area contributed by atoms with Gasteiger partial charge in [-0.15, -0.1) is 0 Å². The minimum atomic E-state index is -0.625. The Morgan fingerprint density at radius 1 is 1.00 bits per heavy atom. The molecule has 2 aromatic carbocycles. The fraction of sp³-hybridized carbons (Fsp3) is 0.429. The Labute approximate surface area is 264 Å². The van der Waals surface area contributed by atoms with Gasteiger partial charge in [0, 0.05) is 6.54 Å². The third-order valence-corrected chi connectivity index (χ3v) is 9.34. The molecule has 2 aliphatic rings. The topological polar surface area (TPSA) is 119 Å². The summed E-state index contributed by atoms with van der Waals surface area (Å²) in [6.07, 6.45) is 8.33. The van der Waals surface area contributed by atoms with Crippen molar-refractivity contribution in [2.45, 2.75) is 58.5 Å². The van der Waals surface area contributed by atoms with Crippen LogP contribution in [0.3, 0.4) is 0 Å². The fourth-order valence-corrected chi connectivity index (χ4v) is 6.91. The van der Waals surface area contributed by atoms with Crippen LogP contribution in [0.25, 0.3) is 33.6 Å². The zero-order valence-electron chi connectivity index (χ0n) is 26.7. The van der Waals surface area contributed by atoms with Gasteiger partial charge in [-0.05, 0) is 90.7 Å². The molecule has 0 radical (unpaired) electrons. The summed E-state index contributed by atoms with van der Waals surface area (Å²) in [6, 6.07) is 13.7. The van der Waals surface area contributed by atoms with Gasteiger partial charge >= 0.3 is 6.09 Å². The second-order valence-corrected chi connectivity index (χ2v) is 12.2. The Hall–Kier alpha value is -4.44. The number of nitrogens with zero attached hydrogens (tertiary/aromatic N) is 4. The molecular weight excluding hydrogens is 566 g/mol. The number of hydrogen-bond acceptors (Lipinski definition) is 6. The van der Waals surface area contributed by atoms with E-state index in [2.05, 4.69) is 80.3 Å². The van der Waals surface area contributed by atoms with Crippen molar-refractivity contribution in [3.8, 4) is 33.6 Å². The van der Waals surface area contributed by atoms with Gasteiger partial charge in [0.05, 0.1) is 43.5 Å².